The van der Waals surface area contributed by atoms with Crippen LogP contribution in [0.25, 0.3) is 0 Å². The molecule has 3 aromatic rings. The summed E-state index contributed by atoms with van der Waals surface area (Å²) in [6, 6.07) is 11.9. The quantitative estimate of drug-likeness (QED) is 0.311. The smallest absolute Gasteiger partial charge is 0.283 e. The van der Waals surface area contributed by atoms with Crippen LogP contribution >= 0.6 is 46.4 Å². The second kappa shape index (κ2) is 7.87. The normalized spacial score (nSPS) is 13.8. The van der Waals surface area contributed by atoms with E-state index in [-0.39, 0.29) is 31.8 Å². The van der Waals surface area contributed by atoms with Gasteiger partial charge in [-0.1, -0.05) is 70.7 Å². The molecule has 1 atom stereocenters. The van der Waals surface area contributed by atoms with Crippen molar-refractivity contribution in [2.75, 3.05) is 0 Å². The fourth-order valence-corrected chi connectivity index (χ4v) is 5.34. The summed E-state index contributed by atoms with van der Waals surface area (Å²) in [5, 5.41) is 20.0. The summed E-state index contributed by atoms with van der Waals surface area (Å²) in [5.74, 6) is -0.993. The van der Waals surface area contributed by atoms with E-state index in [4.69, 9.17) is 46.4 Å². The van der Waals surface area contributed by atoms with Gasteiger partial charge in [0.15, 0.2) is 10.5 Å². The monoisotopic (exact) mass is 492 g/mol. The Kier molecular flexibility index (Phi) is 5.98. The zero-order chi connectivity index (χ0) is 21.6. The first-order valence-electron chi connectivity index (χ1n) is 7.89. The number of phenols is 2. The van der Waals surface area contributed by atoms with E-state index in [1.54, 1.807) is 0 Å². The molecule has 0 radical (unpaired) electrons. The lowest BCUT2D eigenvalue weighted by molar-refractivity contribution is 0.455. The van der Waals surface area contributed by atoms with Gasteiger partial charge in [-0.2, -0.15) is 8.42 Å². The highest BCUT2D eigenvalue weighted by Crippen LogP contribution is 2.50. The largest absolute Gasteiger partial charge is 0.506 e. The van der Waals surface area contributed by atoms with E-state index in [9.17, 15) is 23.2 Å². The summed E-state index contributed by atoms with van der Waals surface area (Å²) in [4.78, 5) is 0. The molecular formula is C19H12Cl4O5S. The van der Waals surface area contributed by atoms with Crippen LogP contribution in [-0.4, -0.2) is 23.2 Å². The van der Waals surface area contributed by atoms with Crippen molar-refractivity contribution in [3.63, 3.8) is 0 Å². The standard InChI is InChI=1S/C19H12Cl4O5S/c20-12-3-1-2-10(8-12)19(29(26,27)28,11-4-6-14(21)16(24)9-11)13-5-7-15(22)18(25)17(13)23/h1-9,24-25H,(H,26,27,28). The Hall–Kier alpha value is -1.67. The third-order valence-corrected chi connectivity index (χ3v) is 7.12. The van der Waals surface area contributed by atoms with Gasteiger partial charge in [0, 0.05) is 10.6 Å². The van der Waals surface area contributed by atoms with Gasteiger partial charge in [0.05, 0.1) is 15.1 Å². The van der Waals surface area contributed by atoms with Crippen LogP contribution in [0, 0.1) is 0 Å². The zero-order valence-corrected chi connectivity index (χ0v) is 18.1. The van der Waals surface area contributed by atoms with Crippen molar-refractivity contribution in [2.24, 2.45) is 0 Å². The maximum atomic E-state index is 12.9. The summed E-state index contributed by atoms with van der Waals surface area (Å²) >= 11 is 24.1. The number of benzene rings is 3. The first kappa shape index (κ1) is 22.0. The highest BCUT2D eigenvalue weighted by Gasteiger charge is 2.50. The molecule has 0 spiro atoms. The second-order valence-corrected chi connectivity index (χ2v) is 9.28. The predicted molar refractivity (Wildman–Crippen MR) is 114 cm³/mol. The average molecular weight is 494 g/mol. The van der Waals surface area contributed by atoms with Gasteiger partial charge < -0.3 is 10.2 Å². The summed E-state index contributed by atoms with van der Waals surface area (Å²) in [7, 11) is -5.04. The first-order chi connectivity index (χ1) is 13.5. The Bertz CT molecular complexity index is 1210. The minimum Gasteiger partial charge on any atom is -0.506 e. The van der Waals surface area contributed by atoms with Crippen molar-refractivity contribution >= 4 is 56.5 Å². The maximum Gasteiger partial charge on any atom is 0.283 e. The van der Waals surface area contributed by atoms with Gasteiger partial charge in [0.2, 0.25) is 0 Å². The van der Waals surface area contributed by atoms with Gasteiger partial charge in [0.1, 0.15) is 5.75 Å². The Balaban J connectivity index is 2.58. The molecule has 3 aromatic carbocycles. The molecule has 0 aromatic heterocycles. The SMILES string of the molecule is O=S(=O)(O)C(c1cccc(Cl)c1)(c1ccc(Cl)c(O)c1)c1ccc(Cl)c(O)c1Cl. The van der Waals surface area contributed by atoms with Gasteiger partial charge in [-0.05, 0) is 41.5 Å². The molecule has 0 fully saturated rings. The van der Waals surface area contributed by atoms with Crippen LogP contribution in [0.15, 0.2) is 54.6 Å². The van der Waals surface area contributed by atoms with Crippen molar-refractivity contribution in [1.82, 2.24) is 0 Å². The number of halogens is 4. The van der Waals surface area contributed by atoms with Crippen molar-refractivity contribution in [3.05, 3.63) is 91.4 Å². The minimum absolute atomic E-state index is 0.0119. The molecule has 29 heavy (non-hydrogen) atoms. The van der Waals surface area contributed by atoms with Crippen molar-refractivity contribution in [1.29, 1.82) is 0 Å². The molecule has 3 rings (SSSR count). The summed E-state index contributed by atoms with van der Waals surface area (Å²) in [5.41, 5.74) is -0.279. The lowest BCUT2D eigenvalue weighted by atomic mass is 9.83. The van der Waals surface area contributed by atoms with Gasteiger partial charge >= 0.3 is 0 Å². The third kappa shape index (κ3) is 3.65. The molecule has 1 unspecified atom stereocenters. The van der Waals surface area contributed by atoms with Crippen molar-refractivity contribution in [3.8, 4) is 11.5 Å². The number of rotatable bonds is 4. The molecule has 0 saturated carbocycles. The average Bonchev–Trinajstić information content (AvgIpc) is 2.64. The van der Waals surface area contributed by atoms with Crippen LogP contribution < -0.4 is 0 Å². The molecule has 0 aliphatic carbocycles. The van der Waals surface area contributed by atoms with Crippen LogP contribution in [0.3, 0.4) is 0 Å². The minimum atomic E-state index is -5.04. The highest BCUT2D eigenvalue weighted by atomic mass is 35.5. The molecule has 152 valence electrons. The third-order valence-electron chi connectivity index (χ3n) is 4.42. The Morgan fingerprint density at radius 2 is 1.41 bits per heavy atom. The van der Waals surface area contributed by atoms with Crippen molar-refractivity contribution in [2.45, 2.75) is 4.75 Å². The van der Waals surface area contributed by atoms with E-state index in [2.05, 4.69) is 0 Å². The van der Waals surface area contributed by atoms with E-state index in [0.29, 0.717) is 0 Å². The Morgan fingerprint density at radius 3 is 2.00 bits per heavy atom. The number of hydrogen-bond donors (Lipinski definition) is 3. The summed E-state index contributed by atoms with van der Waals surface area (Å²) in [6.45, 7) is 0. The van der Waals surface area contributed by atoms with Gasteiger partial charge in [0.25, 0.3) is 10.1 Å². The van der Waals surface area contributed by atoms with E-state index in [1.807, 2.05) is 0 Å². The molecule has 10 heteroatoms. The Labute approximate surface area is 186 Å². The van der Waals surface area contributed by atoms with E-state index in [1.165, 1.54) is 48.5 Å². The van der Waals surface area contributed by atoms with Crippen LogP contribution in [-0.2, 0) is 14.9 Å². The molecule has 3 N–H and O–H groups in total. The topological polar surface area (TPSA) is 94.8 Å². The zero-order valence-electron chi connectivity index (χ0n) is 14.3. The Morgan fingerprint density at radius 1 is 0.793 bits per heavy atom. The highest BCUT2D eigenvalue weighted by molar-refractivity contribution is 7.87. The summed E-state index contributed by atoms with van der Waals surface area (Å²) < 4.78 is 34.0. The molecule has 5 nitrogen and oxygen atoms in total. The molecule has 0 saturated heterocycles. The van der Waals surface area contributed by atoms with Gasteiger partial charge in [-0.3, -0.25) is 4.55 Å². The molecule has 0 amide bonds. The maximum absolute atomic E-state index is 12.9. The number of aromatic hydroxyl groups is 2. The molecular weight excluding hydrogens is 482 g/mol. The van der Waals surface area contributed by atoms with Gasteiger partial charge in [-0.25, -0.2) is 0 Å². The lowest BCUT2D eigenvalue weighted by Gasteiger charge is -2.33. The molecule has 0 heterocycles. The van der Waals surface area contributed by atoms with Gasteiger partial charge in [-0.15, -0.1) is 0 Å². The number of hydrogen-bond acceptors (Lipinski definition) is 4. The molecule has 0 aliphatic heterocycles. The summed E-state index contributed by atoms with van der Waals surface area (Å²) in [6.07, 6.45) is 0. The second-order valence-electron chi connectivity index (χ2n) is 6.09. The van der Waals surface area contributed by atoms with Crippen LogP contribution in [0.5, 0.6) is 11.5 Å². The van der Waals surface area contributed by atoms with E-state index < -0.39 is 31.4 Å². The molecule has 0 bridgehead atoms. The first-order valence-corrected chi connectivity index (χ1v) is 10.8. The fourth-order valence-electron chi connectivity index (χ4n) is 3.17. The fraction of sp³-hybridized carbons (Fsp3) is 0.0526. The van der Waals surface area contributed by atoms with Crippen LogP contribution in [0.1, 0.15) is 16.7 Å². The van der Waals surface area contributed by atoms with Crippen LogP contribution in [0.4, 0.5) is 0 Å². The van der Waals surface area contributed by atoms with E-state index >= 15 is 0 Å². The van der Waals surface area contributed by atoms with Crippen LogP contribution in [0.2, 0.25) is 20.1 Å². The van der Waals surface area contributed by atoms with E-state index in [0.717, 1.165) is 6.07 Å². The van der Waals surface area contributed by atoms with Crippen molar-refractivity contribution < 1.29 is 23.2 Å². The predicted octanol–water partition coefficient (Wildman–Crippen LogP) is 5.89. The number of phenolic OH excluding ortho intramolecular Hbond substituents is 2. The molecule has 0 aliphatic rings. The lowest BCUT2D eigenvalue weighted by Crippen LogP contribution is -2.38.